The molecule has 1 aromatic carbocycles. The molecule has 2 aliphatic rings. The number of hydrogen-bond acceptors (Lipinski definition) is 3. The Morgan fingerprint density at radius 3 is 2.90 bits per heavy atom. The maximum absolute atomic E-state index is 9.18. The minimum atomic E-state index is 0.314. The highest BCUT2D eigenvalue weighted by molar-refractivity contribution is 9.10. The molecule has 0 radical (unpaired) electrons. The summed E-state index contributed by atoms with van der Waals surface area (Å²) >= 11 is 3.60. The number of nitrogens with one attached hydrogen (secondary N) is 1. The van der Waals surface area contributed by atoms with Crippen LogP contribution in [0.3, 0.4) is 0 Å². The molecule has 1 saturated heterocycles. The van der Waals surface area contributed by atoms with Gasteiger partial charge in [0.05, 0.1) is 0 Å². The number of halogens is 1. The molecule has 21 heavy (non-hydrogen) atoms. The Balaban J connectivity index is 1.72. The van der Waals surface area contributed by atoms with Crippen LogP contribution in [-0.2, 0) is 6.54 Å². The quantitative estimate of drug-likeness (QED) is 0.824. The van der Waals surface area contributed by atoms with Gasteiger partial charge in [-0.15, -0.1) is 0 Å². The van der Waals surface area contributed by atoms with Crippen molar-refractivity contribution in [1.29, 1.82) is 0 Å². The number of nitrogens with zero attached hydrogens (tertiary/aromatic N) is 1. The van der Waals surface area contributed by atoms with Gasteiger partial charge < -0.3 is 15.3 Å². The third kappa shape index (κ3) is 4.21. The molecule has 3 nitrogen and oxygen atoms in total. The molecule has 0 spiro atoms. The summed E-state index contributed by atoms with van der Waals surface area (Å²) in [6, 6.07) is 7.38. The van der Waals surface area contributed by atoms with Gasteiger partial charge in [0.2, 0.25) is 0 Å². The van der Waals surface area contributed by atoms with Crippen molar-refractivity contribution in [3.8, 4) is 0 Å². The maximum Gasteiger partial charge on any atom is 0.0434 e. The van der Waals surface area contributed by atoms with E-state index in [1.807, 2.05) is 0 Å². The second-order valence-electron chi connectivity index (χ2n) is 6.39. The molecule has 116 valence electrons. The van der Waals surface area contributed by atoms with Gasteiger partial charge in [-0.3, -0.25) is 0 Å². The third-order valence-corrected chi connectivity index (χ3v) is 5.09. The number of benzene rings is 1. The molecule has 3 rings (SSSR count). The Morgan fingerprint density at radius 1 is 1.29 bits per heavy atom. The van der Waals surface area contributed by atoms with Crippen molar-refractivity contribution in [2.24, 2.45) is 5.92 Å². The summed E-state index contributed by atoms with van der Waals surface area (Å²) in [4.78, 5) is 2.51. The van der Waals surface area contributed by atoms with E-state index >= 15 is 0 Å². The van der Waals surface area contributed by atoms with Crippen LogP contribution < -0.4 is 10.2 Å². The number of aliphatic hydroxyl groups excluding tert-OH is 1. The van der Waals surface area contributed by atoms with Crippen LogP contribution in [0.15, 0.2) is 22.7 Å². The van der Waals surface area contributed by atoms with E-state index in [0.717, 1.165) is 36.6 Å². The predicted molar refractivity (Wildman–Crippen MR) is 90.6 cm³/mol. The summed E-state index contributed by atoms with van der Waals surface area (Å²) in [6.07, 6.45) is 6.07. The zero-order valence-corrected chi connectivity index (χ0v) is 14.1. The van der Waals surface area contributed by atoms with Gasteiger partial charge in [0.15, 0.2) is 0 Å². The highest BCUT2D eigenvalue weighted by atomic mass is 79.9. The van der Waals surface area contributed by atoms with Gasteiger partial charge in [-0.1, -0.05) is 15.9 Å². The summed E-state index contributed by atoms with van der Waals surface area (Å²) in [6.45, 7) is 3.49. The van der Waals surface area contributed by atoms with E-state index in [0.29, 0.717) is 12.5 Å². The van der Waals surface area contributed by atoms with Crippen LogP contribution in [0.25, 0.3) is 0 Å². The number of piperidine rings is 1. The number of aliphatic hydroxyl groups is 1. The van der Waals surface area contributed by atoms with Gasteiger partial charge in [-0.2, -0.15) is 0 Å². The lowest BCUT2D eigenvalue weighted by Crippen LogP contribution is -2.36. The highest BCUT2D eigenvalue weighted by Crippen LogP contribution is 2.30. The molecule has 4 heteroatoms. The van der Waals surface area contributed by atoms with E-state index in [2.05, 4.69) is 44.3 Å². The van der Waals surface area contributed by atoms with Crippen molar-refractivity contribution in [3.63, 3.8) is 0 Å². The molecule has 2 fully saturated rings. The van der Waals surface area contributed by atoms with E-state index in [1.165, 1.54) is 36.9 Å². The second-order valence-corrected chi connectivity index (χ2v) is 7.31. The molecule has 1 heterocycles. The Bertz CT molecular complexity index is 474. The molecule has 2 N–H and O–H groups in total. The van der Waals surface area contributed by atoms with E-state index in [1.54, 1.807) is 0 Å². The molecule has 1 aliphatic heterocycles. The van der Waals surface area contributed by atoms with Crippen molar-refractivity contribution < 1.29 is 5.11 Å². The van der Waals surface area contributed by atoms with Gasteiger partial charge in [-0.25, -0.2) is 0 Å². The first-order valence-corrected chi connectivity index (χ1v) is 8.93. The van der Waals surface area contributed by atoms with Crippen LogP contribution in [0.1, 0.15) is 37.7 Å². The Kier molecular flexibility index (Phi) is 5.19. The fourth-order valence-corrected chi connectivity index (χ4v) is 3.66. The van der Waals surface area contributed by atoms with Gasteiger partial charge in [0.1, 0.15) is 0 Å². The molecule has 0 aromatic heterocycles. The standard InChI is InChI=1S/C17H25BrN2O/c18-15-3-6-17(14(10-15)11-19-16-4-5-16)20-8-1-2-13(12-20)7-9-21/h3,6,10,13,16,19,21H,1-2,4-5,7-9,11-12H2. The molecule has 1 saturated carbocycles. The van der Waals surface area contributed by atoms with Gasteiger partial charge in [0, 0.05) is 42.4 Å². The lowest BCUT2D eigenvalue weighted by atomic mass is 9.94. The van der Waals surface area contributed by atoms with Crippen molar-refractivity contribution in [2.75, 3.05) is 24.6 Å². The van der Waals surface area contributed by atoms with E-state index in [-0.39, 0.29) is 0 Å². The van der Waals surface area contributed by atoms with Gasteiger partial charge in [-0.05, 0) is 61.8 Å². The van der Waals surface area contributed by atoms with Gasteiger partial charge >= 0.3 is 0 Å². The minimum absolute atomic E-state index is 0.314. The molecule has 0 amide bonds. The maximum atomic E-state index is 9.18. The SMILES string of the molecule is OCCC1CCCN(c2ccc(Br)cc2CNC2CC2)C1. The van der Waals surface area contributed by atoms with E-state index in [9.17, 15) is 5.11 Å². The summed E-state index contributed by atoms with van der Waals surface area (Å²) in [7, 11) is 0. The fourth-order valence-electron chi connectivity index (χ4n) is 3.25. The highest BCUT2D eigenvalue weighted by Gasteiger charge is 2.23. The number of rotatable bonds is 6. The molecular weight excluding hydrogens is 328 g/mol. The molecule has 1 aliphatic carbocycles. The third-order valence-electron chi connectivity index (χ3n) is 4.60. The average molecular weight is 353 g/mol. The van der Waals surface area contributed by atoms with Crippen LogP contribution in [0, 0.1) is 5.92 Å². The van der Waals surface area contributed by atoms with Crippen molar-refractivity contribution in [3.05, 3.63) is 28.2 Å². The first-order chi connectivity index (χ1) is 10.3. The normalized spacial score (nSPS) is 22.6. The monoisotopic (exact) mass is 352 g/mol. The molecule has 1 unspecified atom stereocenters. The Morgan fingerprint density at radius 2 is 2.14 bits per heavy atom. The topological polar surface area (TPSA) is 35.5 Å². The van der Waals surface area contributed by atoms with Crippen LogP contribution in [0.4, 0.5) is 5.69 Å². The zero-order chi connectivity index (χ0) is 14.7. The van der Waals surface area contributed by atoms with Crippen LogP contribution >= 0.6 is 15.9 Å². The lowest BCUT2D eigenvalue weighted by Gasteiger charge is -2.35. The molecule has 0 bridgehead atoms. The summed E-state index contributed by atoms with van der Waals surface area (Å²) in [5.41, 5.74) is 2.76. The first kappa shape index (κ1) is 15.3. The Hall–Kier alpha value is -0.580. The van der Waals surface area contributed by atoms with Gasteiger partial charge in [0.25, 0.3) is 0 Å². The largest absolute Gasteiger partial charge is 0.396 e. The van der Waals surface area contributed by atoms with Crippen LogP contribution in [-0.4, -0.2) is 30.8 Å². The molecule has 1 atom stereocenters. The zero-order valence-electron chi connectivity index (χ0n) is 12.5. The van der Waals surface area contributed by atoms with Crippen molar-refractivity contribution in [1.82, 2.24) is 5.32 Å². The van der Waals surface area contributed by atoms with Crippen molar-refractivity contribution in [2.45, 2.75) is 44.7 Å². The second kappa shape index (κ2) is 7.12. The predicted octanol–water partition coefficient (Wildman–Crippen LogP) is 3.30. The lowest BCUT2D eigenvalue weighted by molar-refractivity contribution is 0.244. The number of anilines is 1. The van der Waals surface area contributed by atoms with E-state index < -0.39 is 0 Å². The first-order valence-electron chi connectivity index (χ1n) is 8.14. The van der Waals surface area contributed by atoms with Crippen LogP contribution in [0.2, 0.25) is 0 Å². The van der Waals surface area contributed by atoms with E-state index in [4.69, 9.17) is 0 Å². The summed E-state index contributed by atoms with van der Waals surface area (Å²) < 4.78 is 1.16. The molecular formula is C17H25BrN2O. The summed E-state index contributed by atoms with van der Waals surface area (Å²) in [5.74, 6) is 0.636. The summed E-state index contributed by atoms with van der Waals surface area (Å²) in [5, 5.41) is 12.8. The number of hydrogen-bond donors (Lipinski definition) is 2. The Labute approximate surface area is 135 Å². The van der Waals surface area contributed by atoms with Crippen molar-refractivity contribution >= 4 is 21.6 Å². The molecule has 1 aromatic rings. The smallest absolute Gasteiger partial charge is 0.0434 e. The minimum Gasteiger partial charge on any atom is -0.396 e. The van der Waals surface area contributed by atoms with Crippen LogP contribution in [0.5, 0.6) is 0 Å². The average Bonchev–Trinajstić information content (AvgIpc) is 3.30. The fraction of sp³-hybridized carbons (Fsp3) is 0.647.